The average molecular weight is 303 g/mol. The summed E-state index contributed by atoms with van der Waals surface area (Å²) in [5, 5.41) is 6.94. The van der Waals surface area contributed by atoms with Crippen molar-refractivity contribution in [2.24, 2.45) is 0 Å². The van der Waals surface area contributed by atoms with E-state index in [4.69, 9.17) is 11.6 Å². The maximum atomic E-state index is 11.1. The lowest BCUT2D eigenvalue weighted by Gasteiger charge is -2.12. The van der Waals surface area contributed by atoms with Gasteiger partial charge in [-0.3, -0.25) is 4.79 Å². The predicted molar refractivity (Wildman–Crippen MR) is 89.0 cm³/mol. The fourth-order valence-corrected chi connectivity index (χ4v) is 2.24. The fourth-order valence-electron chi connectivity index (χ4n) is 2.04. The Morgan fingerprint density at radius 3 is 2.48 bits per heavy atom. The SMILES string of the molecule is CC(=O)Nc1ccc(C)c(NCc2ccc(C)c(Cl)c2)c1. The van der Waals surface area contributed by atoms with E-state index in [2.05, 4.69) is 16.7 Å². The quantitative estimate of drug-likeness (QED) is 0.871. The van der Waals surface area contributed by atoms with Crippen molar-refractivity contribution in [1.29, 1.82) is 0 Å². The monoisotopic (exact) mass is 302 g/mol. The largest absolute Gasteiger partial charge is 0.381 e. The van der Waals surface area contributed by atoms with Crippen LogP contribution in [0.15, 0.2) is 36.4 Å². The van der Waals surface area contributed by atoms with Gasteiger partial charge in [-0.05, 0) is 48.7 Å². The van der Waals surface area contributed by atoms with Gasteiger partial charge in [0.15, 0.2) is 0 Å². The second-order valence-corrected chi connectivity index (χ2v) is 5.56. The molecule has 3 nitrogen and oxygen atoms in total. The molecule has 0 bridgehead atoms. The summed E-state index contributed by atoms with van der Waals surface area (Å²) in [4.78, 5) is 11.1. The molecular weight excluding hydrogens is 284 g/mol. The molecule has 0 unspecified atom stereocenters. The zero-order chi connectivity index (χ0) is 15.4. The summed E-state index contributed by atoms with van der Waals surface area (Å²) in [6, 6.07) is 11.9. The van der Waals surface area contributed by atoms with Gasteiger partial charge in [-0.1, -0.05) is 29.8 Å². The molecule has 2 aromatic rings. The summed E-state index contributed by atoms with van der Waals surface area (Å²) in [5.74, 6) is -0.0740. The zero-order valence-electron chi connectivity index (χ0n) is 12.5. The molecule has 0 saturated carbocycles. The first kappa shape index (κ1) is 15.4. The maximum Gasteiger partial charge on any atom is 0.221 e. The first-order valence-corrected chi connectivity index (χ1v) is 7.20. The Balaban J connectivity index is 2.11. The number of anilines is 2. The van der Waals surface area contributed by atoms with Gasteiger partial charge in [0, 0.05) is 29.9 Å². The van der Waals surface area contributed by atoms with E-state index in [1.54, 1.807) is 0 Å². The van der Waals surface area contributed by atoms with E-state index in [1.807, 2.05) is 44.2 Å². The number of rotatable bonds is 4. The first-order valence-electron chi connectivity index (χ1n) is 6.83. The molecule has 4 heteroatoms. The van der Waals surface area contributed by atoms with Crippen molar-refractivity contribution in [3.63, 3.8) is 0 Å². The summed E-state index contributed by atoms with van der Waals surface area (Å²) in [5.41, 5.74) is 5.11. The van der Waals surface area contributed by atoms with E-state index in [1.165, 1.54) is 6.92 Å². The fraction of sp³-hybridized carbons (Fsp3) is 0.235. The Kier molecular flexibility index (Phi) is 4.86. The van der Waals surface area contributed by atoms with Gasteiger partial charge in [-0.25, -0.2) is 0 Å². The number of halogens is 1. The van der Waals surface area contributed by atoms with E-state index >= 15 is 0 Å². The van der Waals surface area contributed by atoms with Crippen molar-refractivity contribution < 1.29 is 4.79 Å². The topological polar surface area (TPSA) is 41.1 Å². The van der Waals surface area contributed by atoms with E-state index in [-0.39, 0.29) is 5.91 Å². The third-order valence-electron chi connectivity index (χ3n) is 3.28. The van der Waals surface area contributed by atoms with Crippen LogP contribution >= 0.6 is 11.6 Å². The van der Waals surface area contributed by atoms with Crippen LogP contribution in [0.25, 0.3) is 0 Å². The van der Waals surface area contributed by atoms with Crippen LogP contribution in [0.5, 0.6) is 0 Å². The molecule has 0 aliphatic heterocycles. The first-order chi connectivity index (χ1) is 9.95. The lowest BCUT2D eigenvalue weighted by molar-refractivity contribution is -0.114. The van der Waals surface area contributed by atoms with E-state index in [9.17, 15) is 4.79 Å². The number of hydrogen-bond acceptors (Lipinski definition) is 2. The minimum absolute atomic E-state index is 0.0740. The van der Waals surface area contributed by atoms with Crippen LogP contribution in [0.2, 0.25) is 5.02 Å². The standard InChI is InChI=1S/C17H19ClN2O/c1-11-4-6-14(8-16(11)18)10-19-17-9-15(20-13(3)21)7-5-12(17)2/h4-9,19H,10H2,1-3H3,(H,20,21). The third-order valence-corrected chi connectivity index (χ3v) is 3.68. The molecular formula is C17H19ClN2O. The van der Waals surface area contributed by atoms with Crippen LogP contribution in [-0.4, -0.2) is 5.91 Å². The predicted octanol–water partition coefficient (Wildman–Crippen LogP) is 4.53. The van der Waals surface area contributed by atoms with Crippen LogP contribution in [0.3, 0.4) is 0 Å². The van der Waals surface area contributed by atoms with Crippen LogP contribution in [0, 0.1) is 13.8 Å². The molecule has 0 aromatic heterocycles. The Hall–Kier alpha value is -2.00. The molecule has 0 spiro atoms. The number of carbonyl (C=O) groups is 1. The Bertz CT molecular complexity index is 668. The van der Waals surface area contributed by atoms with E-state index < -0.39 is 0 Å². The molecule has 0 heterocycles. The van der Waals surface area contributed by atoms with Crippen molar-refractivity contribution in [3.05, 3.63) is 58.1 Å². The summed E-state index contributed by atoms with van der Waals surface area (Å²) >= 11 is 6.13. The van der Waals surface area contributed by atoms with Crippen molar-refractivity contribution in [1.82, 2.24) is 0 Å². The van der Waals surface area contributed by atoms with Crippen molar-refractivity contribution in [3.8, 4) is 0 Å². The molecule has 0 aliphatic rings. The average Bonchev–Trinajstić information content (AvgIpc) is 2.42. The lowest BCUT2D eigenvalue weighted by atomic mass is 10.1. The minimum atomic E-state index is -0.0740. The molecule has 0 radical (unpaired) electrons. The number of nitrogens with one attached hydrogen (secondary N) is 2. The Morgan fingerprint density at radius 2 is 1.81 bits per heavy atom. The van der Waals surface area contributed by atoms with Gasteiger partial charge in [0.1, 0.15) is 0 Å². The van der Waals surface area contributed by atoms with Gasteiger partial charge in [0.25, 0.3) is 0 Å². The maximum absolute atomic E-state index is 11.1. The zero-order valence-corrected chi connectivity index (χ0v) is 13.2. The van der Waals surface area contributed by atoms with Crippen LogP contribution in [0.4, 0.5) is 11.4 Å². The Labute approximate surface area is 130 Å². The van der Waals surface area contributed by atoms with Crippen molar-refractivity contribution >= 4 is 28.9 Å². The number of carbonyl (C=O) groups excluding carboxylic acids is 1. The summed E-state index contributed by atoms with van der Waals surface area (Å²) in [6.07, 6.45) is 0. The highest BCUT2D eigenvalue weighted by Crippen LogP contribution is 2.22. The number of amides is 1. The highest BCUT2D eigenvalue weighted by Gasteiger charge is 2.03. The van der Waals surface area contributed by atoms with Crippen molar-refractivity contribution in [2.45, 2.75) is 27.3 Å². The molecule has 1 amide bonds. The van der Waals surface area contributed by atoms with Gasteiger partial charge in [-0.2, -0.15) is 0 Å². The second kappa shape index (κ2) is 6.64. The molecule has 0 fully saturated rings. The highest BCUT2D eigenvalue weighted by molar-refractivity contribution is 6.31. The van der Waals surface area contributed by atoms with Gasteiger partial charge in [-0.15, -0.1) is 0 Å². The molecule has 0 aliphatic carbocycles. The Morgan fingerprint density at radius 1 is 1.10 bits per heavy atom. The van der Waals surface area contributed by atoms with Gasteiger partial charge < -0.3 is 10.6 Å². The number of hydrogen-bond donors (Lipinski definition) is 2. The van der Waals surface area contributed by atoms with Crippen LogP contribution < -0.4 is 10.6 Å². The summed E-state index contributed by atoms with van der Waals surface area (Å²) in [6.45, 7) is 6.20. The molecule has 0 saturated heterocycles. The van der Waals surface area contributed by atoms with E-state index in [0.29, 0.717) is 6.54 Å². The molecule has 21 heavy (non-hydrogen) atoms. The number of aryl methyl sites for hydroxylation is 2. The minimum Gasteiger partial charge on any atom is -0.381 e. The second-order valence-electron chi connectivity index (χ2n) is 5.15. The highest BCUT2D eigenvalue weighted by atomic mass is 35.5. The third kappa shape index (κ3) is 4.23. The van der Waals surface area contributed by atoms with Crippen molar-refractivity contribution in [2.75, 3.05) is 10.6 Å². The lowest BCUT2D eigenvalue weighted by Crippen LogP contribution is -2.07. The van der Waals surface area contributed by atoms with Gasteiger partial charge in [0.05, 0.1) is 0 Å². The molecule has 2 aromatic carbocycles. The smallest absolute Gasteiger partial charge is 0.221 e. The van der Waals surface area contributed by atoms with Crippen LogP contribution in [-0.2, 0) is 11.3 Å². The molecule has 0 atom stereocenters. The molecule has 110 valence electrons. The van der Waals surface area contributed by atoms with Gasteiger partial charge in [0.2, 0.25) is 5.91 Å². The summed E-state index contributed by atoms with van der Waals surface area (Å²) < 4.78 is 0. The molecule has 2 N–H and O–H groups in total. The number of benzene rings is 2. The summed E-state index contributed by atoms with van der Waals surface area (Å²) in [7, 11) is 0. The van der Waals surface area contributed by atoms with Crippen LogP contribution in [0.1, 0.15) is 23.6 Å². The molecule has 2 rings (SSSR count). The van der Waals surface area contributed by atoms with Gasteiger partial charge >= 0.3 is 0 Å². The van der Waals surface area contributed by atoms with E-state index in [0.717, 1.165) is 33.1 Å². The normalized spacial score (nSPS) is 10.3.